The van der Waals surface area contributed by atoms with E-state index in [1.54, 1.807) is 6.07 Å². The van der Waals surface area contributed by atoms with Crippen LogP contribution in [0.1, 0.15) is 67.9 Å². The van der Waals surface area contributed by atoms with Crippen LogP contribution in [0.2, 0.25) is 0 Å². The standard InChI is InChI=1S/C19H19NO8/c1-2-3-7-10-28-19(27)15-13(17(23)24)12(16(21)22)14(18(25)26)20(15)11-8-5-4-6-9-11/h4-6,8-9H,2-3,7,10H2,1H3,(H,21,22)(H,23,24)(H,25,26). The van der Waals surface area contributed by atoms with E-state index in [9.17, 15) is 34.5 Å². The van der Waals surface area contributed by atoms with Crippen LogP contribution in [-0.2, 0) is 4.74 Å². The highest BCUT2D eigenvalue weighted by Crippen LogP contribution is 2.29. The van der Waals surface area contributed by atoms with Crippen LogP contribution in [0.15, 0.2) is 30.3 Å². The van der Waals surface area contributed by atoms with E-state index in [2.05, 4.69) is 0 Å². The number of carbonyl (C=O) groups is 4. The second kappa shape index (κ2) is 8.85. The minimum Gasteiger partial charge on any atom is -0.478 e. The molecule has 0 bridgehead atoms. The van der Waals surface area contributed by atoms with Gasteiger partial charge < -0.3 is 20.1 Å². The number of esters is 1. The lowest BCUT2D eigenvalue weighted by molar-refractivity contribution is 0.0478. The number of carboxylic acids is 3. The van der Waals surface area contributed by atoms with E-state index in [4.69, 9.17) is 4.74 Å². The number of aromatic nitrogens is 1. The van der Waals surface area contributed by atoms with E-state index in [1.165, 1.54) is 24.3 Å². The van der Waals surface area contributed by atoms with Gasteiger partial charge in [-0.15, -0.1) is 0 Å². The molecule has 148 valence electrons. The summed E-state index contributed by atoms with van der Waals surface area (Å²) in [6, 6.07) is 7.57. The topological polar surface area (TPSA) is 143 Å². The maximum atomic E-state index is 12.6. The van der Waals surface area contributed by atoms with Crippen molar-refractivity contribution in [2.45, 2.75) is 26.2 Å². The molecule has 0 atom stereocenters. The largest absolute Gasteiger partial charge is 0.478 e. The SMILES string of the molecule is CCCCCOC(=O)c1c(C(=O)O)c(C(=O)O)c(C(=O)O)n1-c1ccccc1. The zero-order valence-corrected chi connectivity index (χ0v) is 15.0. The second-order valence-electron chi connectivity index (χ2n) is 5.88. The van der Waals surface area contributed by atoms with Crippen LogP contribution in [0, 0.1) is 0 Å². The average molecular weight is 389 g/mol. The van der Waals surface area contributed by atoms with Crippen LogP contribution < -0.4 is 0 Å². The lowest BCUT2D eigenvalue weighted by Gasteiger charge is -2.12. The minimum atomic E-state index is -1.77. The van der Waals surface area contributed by atoms with Crippen LogP contribution in [0.5, 0.6) is 0 Å². The smallest absolute Gasteiger partial charge is 0.356 e. The van der Waals surface area contributed by atoms with Gasteiger partial charge in [0.1, 0.15) is 22.5 Å². The van der Waals surface area contributed by atoms with Crippen molar-refractivity contribution in [1.82, 2.24) is 4.57 Å². The van der Waals surface area contributed by atoms with Gasteiger partial charge in [0.05, 0.1) is 6.61 Å². The van der Waals surface area contributed by atoms with Crippen LogP contribution in [-0.4, -0.2) is 50.4 Å². The fourth-order valence-electron chi connectivity index (χ4n) is 2.81. The summed E-state index contributed by atoms with van der Waals surface area (Å²) < 4.78 is 5.90. The normalized spacial score (nSPS) is 10.5. The van der Waals surface area contributed by atoms with E-state index in [0.29, 0.717) is 6.42 Å². The van der Waals surface area contributed by atoms with Crippen molar-refractivity contribution >= 4 is 23.9 Å². The molecule has 0 spiro atoms. The Morgan fingerprint density at radius 2 is 1.43 bits per heavy atom. The van der Waals surface area contributed by atoms with Gasteiger partial charge >= 0.3 is 23.9 Å². The molecule has 2 rings (SSSR count). The van der Waals surface area contributed by atoms with Crippen molar-refractivity contribution in [3.05, 3.63) is 52.8 Å². The van der Waals surface area contributed by atoms with Gasteiger partial charge in [-0.2, -0.15) is 0 Å². The number of ether oxygens (including phenoxy) is 1. The number of carbonyl (C=O) groups excluding carboxylic acids is 1. The Kier molecular flexibility index (Phi) is 6.54. The predicted molar refractivity (Wildman–Crippen MR) is 96.5 cm³/mol. The minimum absolute atomic E-state index is 0.00346. The Morgan fingerprint density at radius 3 is 1.93 bits per heavy atom. The molecule has 28 heavy (non-hydrogen) atoms. The molecule has 0 unspecified atom stereocenters. The van der Waals surface area contributed by atoms with Crippen LogP contribution >= 0.6 is 0 Å². The molecule has 1 aromatic carbocycles. The molecule has 0 radical (unpaired) electrons. The van der Waals surface area contributed by atoms with Gasteiger partial charge in [0.2, 0.25) is 0 Å². The molecule has 0 fully saturated rings. The number of carboxylic acid groups (broad SMARTS) is 3. The van der Waals surface area contributed by atoms with Gasteiger partial charge in [-0.05, 0) is 18.6 Å². The first-order valence-electron chi connectivity index (χ1n) is 8.52. The zero-order chi connectivity index (χ0) is 20.8. The molecule has 0 aliphatic rings. The van der Waals surface area contributed by atoms with E-state index in [-0.39, 0.29) is 12.3 Å². The average Bonchev–Trinajstić information content (AvgIpc) is 3.03. The zero-order valence-electron chi connectivity index (χ0n) is 15.0. The maximum absolute atomic E-state index is 12.6. The van der Waals surface area contributed by atoms with Crippen molar-refractivity contribution in [2.24, 2.45) is 0 Å². The molecule has 0 saturated heterocycles. The molecule has 1 heterocycles. The first-order valence-corrected chi connectivity index (χ1v) is 8.52. The third-order valence-corrected chi connectivity index (χ3v) is 3.99. The Bertz CT molecular complexity index is 914. The first-order chi connectivity index (χ1) is 13.3. The van der Waals surface area contributed by atoms with Gasteiger partial charge in [-0.25, -0.2) is 19.2 Å². The van der Waals surface area contributed by atoms with Crippen LogP contribution in [0.25, 0.3) is 5.69 Å². The summed E-state index contributed by atoms with van der Waals surface area (Å²) >= 11 is 0. The summed E-state index contributed by atoms with van der Waals surface area (Å²) in [5.74, 6) is -6.30. The third kappa shape index (κ3) is 4.03. The fraction of sp³-hybridized carbons (Fsp3) is 0.263. The maximum Gasteiger partial charge on any atom is 0.356 e. The van der Waals surface area contributed by atoms with Crippen LogP contribution in [0.3, 0.4) is 0 Å². The number of benzene rings is 1. The van der Waals surface area contributed by atoms with Gasteiger partial charge in [-0.1, -0.05) is 38.0 Å². The number of hydrogen-bond acceptors (Lipinski definition) is 5. The number of rotatable bonds is 9. The summed E-state index contributed by atoms with van der Waals surface area (Å²) in [5.41, 5.74) is -3.27. The summed E-state index contributed by atoms with van der Waals surface area (Å²) in [6.45, 7) is 1.94. The van der Waals surface area contributed by atoms with Crippen molar-refractivity contribution < 1.29 is 39.2 Å². The van der Waals surface area contributed by atoms with E-state index >= 15 is 0 Å². The Labute approximate surface area is 159 Å². The van der Waals surface area contributed by atoms with Crippen molar-refractivity contribution in [3.8, 4) is 5.69 Å². The molecule has 9 heteroatoms. The number of aromatic carboxylic acids is 3. The van der Waals surface area contributed by atoms with E-state index in [1.807, 2.05) is 6.92 Å². The van der Waals surface area contributed by atoms with Gasteiger partial charge in [0, 0.05) is 5.69 Å². The van der Waals surface area contributed by atoms with E-state index < -0.39 is 46.4 Å². The second-order valence-corrected chi connectivity index (χ2v) is 5.88. The Balaban J connectivity index is 2.78. The molecule has 0 aliphatic carbocycles. The van der Waals surface area contributed by atoms with Gasteiger partial charge in [-0.3, -0.25) is 4.57 Å². The van der Waals surface area contributed by atoms with Crippen molar-refractivity contribution in [3.63, 3.8) is 0 Å². The molecule has 2 aromatic rings. The summed E-state index contributed by atoms with van der Waals surface area (Å²) in [7, 11) is 0. The quantitative estimate of drug-likeness (QED) is 0.439. The lowest BCUT2D eigenvalue weighted by atomic mass is 10.1. The number of unbranched alkanes of at least 4 members (excludes halogenated alkanes) is 2. The molecule has 0 aliphatic heterocycles. The number of hydrogen-bond donors (Lipinski definition) is 3. The third-order valence-electron chi connectivity index (χ3n) is 3.99. The van der Waals surface area contributed by atoms with Crippen molar-refractivity contribution in [1.29, 1.82) is 0 Å². The predicted octanol–water partition coefficient (Wildman–Crippen LogP) is 2.92. The molecular weight excluding hydrogens is 370 g/mol. The lowest BCUT2D eigenvalue weighted by Crippen LogP contribution is -2.17. The molecule has 0 saturated carbocycles. The van der Waals surface area contributed by atoms with Gasteiger partial charge in [0.15, 0.2) is 0 Å². The molecular formula is C19H19NO8. The highest BCUT2D eigenvalue weighted by Gasteiger charge is 2.38. The summed E-state index contributed by atoms with van der Waals surface area (Å²) in [5, 5.41) is 28.6. The summed E-state index contributed by atoms with van der Waals surface area (Å²) in [4.78, 5) is 47.9. The molecule has 0 amide bonds. The molecule has 1 aromatic heterocycles. The van der Waals surface area contributed by atoms with E-state index in [0.717, 1.165) is 17.4 Å². The van der Waals surface area contributed by atoms with Gasteiger partial charge in [0.25, 0.3) is 0 Å². The van der Waals surface area contributed by atoms with Crippen molar-refractivity contribution in [2.75, 3.05) is 6.61 Å². The first kappa shape index (κ1) is 20.7. The highest BCUT2D eigenvalue weighted by molar-refractivity contribution is 6.14. The summed E-state index contributed by atoms with van der Waals surface area (Å²) in [6.07, 6.45) is 2.18. The fourth-order valence-corrected chi connectivity index (χ4v) is 2.81. The number of nitrogens with zero attached hydrogens (tertiary/aromatic N) is 1. The number of para-hydroxylation sites is 1. The Hall–Kier alpha value is -3.62. The Morgan fingerprint density at radius 1 is 0.857 bits per heavy atom. The monoisotopic (exact) mass is 389 g/mol. The molecule has 3 N–H and O–H groups in total. The van der Waals surface area contributed by atoms with Crippen LogP contribution in [0.4, 0.5) is 0 Å². The molecule has 9 nitrogen and oxygen atoms in total. The highest BCUT2D eigenvalue weighted by atomic mass is 16.5.